The fraction of sp³-hybridized carbons (Fsp3) is 0.231. The van der Waals surface area contributed by atoms with Gasteiger partial charge in [0.15, 0.2) is 0 Å². The van der Waals surface area contributed by atoms with E-state index in [4.69, 9.17) is 0 Å². The first-order valence-corrected chi connectivity index (χ1v) is 5.65. The van der Waals surface area contributed by atoms with Gasteiger partial charge < -0.3 is 11.3 Å². The van der Waals surface area contributed by atoms with E-state index in [9.17, 15) is 32.3 Å². The standard InChI is InChI=1S/C13H10F4O4.Li.H/c1-2-21-12(20)11(19)6-10(18)7-3-4-8(9(14)5-7)13(15,16)17;;/h3-6,18H,2H2,1H3;;/q;+1;-1. The molecule has 0 radical (unpaired) electrons. The number of alkyl halides is 3. The van der Waals surface area contributed by atoms with Crippen molar-refractivity contribution in [1.29, 1.82) is 0 Å². The number of aliphatic hydroxyl groups excluding tert-OH is 1. The van der Waals surface area contributed by atoms with Crippen LogP contribution < -0.4 is 18.9 Å². The van der Waals surface area contributed by atoms with Crippen molar-refractivity contribution in [3.8, 4) is 0 Å². The van der Waals surface area contributed by atoms with Crippen LogP contribution in [0.1, 0.15) is 19.5 Å². The van der Waals surface area contributed by atoms with E-state index in [1.165, 1.54) is 6.92 Å². The number of hydrogen-bond donors (Lipinski definition) is 1. The smallest absolute Gasteiger partial charge is 1.00 e. The number of ketones is 1. The second kappa shape index (κ2) is 8.01. The molecule has 1 rings (SSSR count). The summed E-state index contributed by atoms with van der Waals surface area (Å²) in [6, 6.07) is 1.60. The Kier molecular flexibility index (Phi) is 7.36. The molecular formula is C13H11F4LiO4. The van der Waals surface area contributed by atoms with Gasteiger partial charge in [-0.15, -0.1) is 0 Å². The maximum absolute atomic E-state index is 13.3. The molecule has 1 N–H and O–H groups in total. The van der Waals surface area contributed by atoms with Gasteiger partial charge in [0.2, 0.25) is 0 Å². The molecule has 0 amide bonds. The molecule has 1 aromatic rings. The van der Waals surface area contributed by atoms with Crippen LogP contribution in [0.3, 0.4) is 0 Å². The number of rotatable bonds is 4. The Labute approximate surface area is 136 Å². The topological polar surface area (TPSA) is 63.6 Å². The third kappa shape index (κ3) is 5.20. The number of esters is 1. The van der Waals surface area contributed by atoms with E-state index in [0.717, 1.165) is 6.07 Å². The molecule has 0 aromatic heterocycles. The van der Waals surface area contributed by atoms with Crippen molar-refractivity contribution >= 4 is 17.5 Å². The van der Waals surface area contributed by atoms with Gasteiger partial charge in [-0.3, -0.25) is 4.79 Å². The molecule has 4 nitrogen and oxygen atoms in total. The molecule has 0 bridgehead atoms. The summed E-state index contributed by atoms with van der Waals surface area (Å²) in [6.45, 7) is 1.40. The summed E-state index contributed by atoms with van der Waals surface area (Å²) >= 11 is 0. The Morgan fingerprint density at radius 3 is 2.41 bits per heavy atom. The molecule has 0 aliphatic heterocycles. The number of carbonyl (C=O) groups excluding carboxylic acids is 2. The molecule has 1 aromatic carbocycles. The van der Waals surface area contributed by atoms with Crippen LogP contribution in [0.25, 0.3) is 5.76 Å². The monoisotopic (exact) mass is 314 g/mol. The van der Waals surface area contributed by atoms with E-state index < -0.39 is 35.1 Å². The fourth-order valence-corrected chi connectivity index (χ4v) is 1.37. The maximum atomic E-state index is 13.3. The van der Waals surface area contributed by atoms with Gasteiger partial charge in [0.1, 0.15) is 11.6 Å². The Bertz CT molecular complexity index is 602. The van der Waals surface area contributed by atoms with Crippen molar-refractivity contribution < 1.29 is 57.3 Å². The van der Waals surface area contributed by atoms with E-state index >= 15 is 0 Å². The van der Waals surface area contributed by atoms with Crippen molar-refractivity contribution in [1.82, 2.24) is 0 Å². The van der Waals surface area contributed by atoms with Gasteiger partial charge in [0.05, 0.1) is 12.2 Å². The minimum absolute atomic E-state index is 0. The van der Waals surface area contributed by atoms with Crippen LogP contribution in [-0.4, -0.2) is 23.5 Å². The first kappa shape index (κ1) is 20.2. The molecule has 0 atom stereocenters. The van der Waals surface area contributed by atoms with Crippen LogP contribution >= 0.6 is 0 Å². The number of carbonyl (C=O) groups is 2. The molecular weight excluding hydrogens is 303 g/mol. The number of benzene rings is 1. The average molecular weight is 314 g/mol. The average Bonchev–Trinajstić information content (AvgIpc) is 2.37. The van der Waals surface area contributed by atoms with Crippen LogP contribution in [0, 0.1) is 5.82 Å². The SMILES string of the molecule is CCOC(=O)C(=O)C=C(O)c1ccc(C(F)(F)F)c(F)c1.[H-].[Li+]. The summed E-state index contributed by atoms with van der Waals surface area (Å²) < 4.78 is 54.7. The van der Waals surface area contributed by atoms with Gasteiger partial charge in [-0.25, -0.2) is 9.18 Å². The van der Waals surface area contributed by atoms with Gasteiger partial charge in [-0.1, -0.05) is 6.07 Å². The number of ether oxygens (including phenoxy) is 1. The van der Waals surface area contributed by atoms with Crippen molar-refractivity contribution in [2.75, 3.05) is 6.61 Å². The van der Waals surface area contributed by atoms with Crippen LogP contribution in [0.2, 0.25) is 0 Å². The van der Waals surface area contributed by atoms with Crippen molar-refractivity contribution in [3.63, 3.8) is 0 Å². The summed E-state index contributed by atoms with van der Waals surface area (Å²) in [5.74, 6) is -4.91. The number of halogens is 4. The first-order chi connectivity index (χ1) is 9.66. The number of hydrogen-bond acceptors (Lipinski definition) is 4. The molecule has 0 aliphatic carbocycles. The second-order valence-electron chi connectivity index (χ2n) is 3.81. The van der Waals surface area contributed by atoms with Crippen LogP contribution in [0.5, 0.6) is 0 Å². The Morgan fingerprint density at radius 1 is 1.36 bits per heavy atom. The Balaban J connectivity index is 0. The Morgan fingerprint density at radius 2 is 1.95 bits per heavy atom. The predicted octanol–water partition coefficient (Wildman–Crippen LogP) is -0.00790. The fourth-order valence-electron chi connectivity index (χ4n) is 1.37. The second-order valence-corrected chi connectivity index (χ2v) is 3.81. The van der Waals surface area contributed by atoms with Crippen LogP contribution in [-0.2, 0) is 20.5 Å². The molecule has 0 saturated heterocycles. The summed E-state index contributed by atoms with van der Waals surface area (Å²) in [5.41, 5.74) is -1.88. The van der Waals surface area contributed by atoms with Crippen LogP contribution in [0.4, 0.5) is 17.6 Å². The summed E-state index contributed by atoms with van der Waals surface area (Å²) in [5, 5.41) is 9.51. The zero-order valence-electron chi connectivity index (χ0n) is 12.7. The van der Waals surface area contributed by atoms with E-state index in [0.29, 0.717) is 18.2 Å². The molecule has 22 heavy (non-hydrogen) atoms. The van der Waals surface area contributed by atoms with Crippen molar-refractivity contribution in [3.05, 3.63) is 41.2 Å². The largest absolute Gasteiger partial charge is 1.00 e. The summed E-state index contributed by atoms with van der Waals surface area (Å²) in [7, 11) is 0. The molecule has 0 saturated carbocycles. The quantitative estimate of drug-likeness (QED) is 0.212. The van der Waals surface area contributed by atoms with Gasteiger partial charge in [-0.05, 0) is 19.1 Å². The predicted molar refractivity (Wildman–Crippen MR) is 64.8 cm³/mol. The van der Waals surface area contributed by atoms with Crippen molar-refractivity contribution in [2.45, 2.75) is 13.1 Å². The normalized spacial score (nSPS) is 11.6. The summed E-state index contributed by atoms with van der Waals surface area (Å²) in [4.78, 5) is 22.3. The van der Waals surface area contributed by atoms with E-state index in [1.807, 2.05) is 0 Å². The zero-order chi connectivity index (χ0) is 16.2. The van der Waals surface area contributed by atoms with Crippen LogP contribution in [0.15, 0.2) is 24.3 Å². The third-order valence-corrected chi connectivity index (χ3v) is 2.31. The molecule has 0 spiro atoms. The van der Waals surface area contributed by atoms with Gasteiger partial charge in [0.25, 0.3) is 5.78 Å². The van der Waals surface area contributed by atoms with E-state index in [-0.39, 0.29) is 32.5 Å². The molecule has 0 heterocycles. The van der Waals surface area contributed by atoms with Gasteiger partial charge in [-0.2, -0.15) is 13.2 Å². The molecule has 0 unspecified atom stereocenters. The maximum Gasteiger partial charge on any atom is 1.00 e. The van der Waals surface area contributed by atoms with Gasteiger partial charge >= 0.3 is 31.0 Å². The Hall–Kier alpha value is -1.78. The molecule has 116 valence electrons. The molecule has 0 fully saturated rings. The molecule has 9 heteroatoms. The minimum Gasteiger partial charge on any atom is -1.00 e. The number of aliphatic hydroxyl groups is 1. The third-order valence-electron chi connectivity index (χ3n) is 2.31. The first-order valence-electron chi connectivity index (χ1n) is 5.65. The summed E-state index contributed by atoms with van der Waals surface area (Å²) in [6.07, 6.45) is -4.43. The zero-order valence-corrected chi connectivity index (χ0v) is 11.7. The van der Waals surface area contributed by atoms with Crippen molar-refractivity contribution in [2.24, 2.45) is 0 Å². The van der Waals surface area contributed by atoms with E-state index in [2.05, 4.69) is 4.74 Å². The van der Waals surface area contributed by atoms with E-state index in [1.54, 1.807) is 0 Å². The molecule has 0 aliphatic rings. The van der Waals surface area contributed by atoms with Gasteiger partial charge in [0, 0.05) is 11.6 Å². The minimum atomic E-state index is -4.87.